The van der Waals surface area contributed by atoms with Crippen LogP contribution in [0, 0.1) is 17.8 Å². The first-order valence-electron chi connectivity index (χ1n) is 18.4. The summed E-state index contributed by atoms with van der Waals surface area (Å²) in [5.74, 6) is 1.01. The average Bonchev–Trinajstić information content (AvgIpc) is 3.96. The van der Waals surface area contributed by atoms with Gasteiger partial charge in [0.25, 0.3) is 0 Å². The van der Waals surface area contributed by atoms with E-state index in [1.165, 1.54) is 31.4 Å². The maximum absolute atomic E-state index is 14.5. The molecule has 3 saturated heterocycles. The first-order chi connectivity index (χ1) is 25.9. The van der Waals surface area contributed by atoms with E-state index in [0.29, 0.717) is 36.9 Å². The highest BCUT2D eigenvalue weighted by Gasteiger charge is 2.67. The van der Waals surface area contributed by atoms with E-state index in [9.17, 15) is 18.3 Å². The topological polar surface area (TPSA) is 133 Å². The van der Waals surface area contributed by atoms with Crippen LogP contribution in [0.25, 0.3) is 10.1 Å². The van der Waals surface area contributed by atoms with Crippen LogP contribution in [0.5, 0.6) is 17.2 Å². The Morgan fingerprint density at radius 1 is 1.06 bits per heavy atom. The molecule has 0 saturated carbocycles. The predicted molar refractivity (Wildman–Crippen MR) is 201 cm³/mol. The van der Waals surface area contributed by atoms with Gasteiger partial charge in [0.05, 0.1) is 29.8 Å². The minimum Gasteiger partial charge on any atom is -0.489 e. The number of carboxylic acid groups (broad SMARTS) is 1. The van der Waals surface area contributed by atoms with Crippen LogP contribution >= 0.6 is 11.3 Å². The molecule has 3 fully saturated rings. The van der Waals surface area contributed by atoms with Crippen molar-refractivity contribution in [3.63, 3.8) is 0 Å². The summed E-state index contributed by atoms with van der Waals surface area (Å²) in [5, 5.41) is 14.4. The Hall–Kier alpha value is -3.92. The molecular formula is C40H46N2O10S2. The maximum Gasteiger partial charge on any atom is 0.410 e. The van der Waals surface area contributed by atoms with Gasteiger partial charge in [-0.3, -0.25) is 4.90 Å². The molecule has 4 aromatic rings. The lowest BCUT2D eigenvalue weighted by Gasteiger charge is -2.47. The monoisotopic (exact) mass is 778 g/mol. The van der Waals surface area contributed by atoms with Gasteiger partial charge in [-0.05, 0) is 79.3 Å². The minimum absolute atomic E-state index is 0.0152. The number of amides is 1. The molecular weight excluding hydrogens is 733 g/mol. The van der Waals surface area contributed by atoms with E-state index in [1.807, 2.05) is 50.2 Å². The molecule has 3 unspecified atom stereocenters. The quantitative estimate of drug-likeness (QED) is 0.161. The highest BCUT2D eigenvalue weighted by atomic mass is 32.2. The molecule has 3 aromatic carbocycles. The van der Waals surface area contributed by atoms with Crippen LogP contribution in [0.2, 0.25) is 0 Å². The molecule has 4 aliphatic rings. The molecule has 12 nitrogen and oxygen atoms in total. The Balaban J connectivity index is 1.16. The summed E-state index contributed by atoms with van der Waals surface area (Å²) in [6, 6.07) is 20.6. The Labute approximate surface area is 319 Å². The third-order valence-electron chi connectivity index (χ3n) is 11.1. The van der Waals surface area contributed by atoms with Crippen LogP contribution in [-0.2, 0) is 37.3 Å². The first-order valence-corrected chi connectivity index (χ1v) is 20.7. The Morgan fingerprint density at radius 2 is 1.83 bits per heavy atom. The fourth-order valence-electron chi connectivity index (χ4n) is 8.85. The van der Waals surface area contributed by atoms with Crippen molar-refractivity contribution in [3.8, 4) is 17.2 Å². The van der Waals surface area contributed by atoms with Crippen molar-refractivity contribution >= 4 is 37.5 Å². The molecule has 0 aliphatic carbocycles. The molecule has 1 aromatic heterocycles. The van der Waals surface area contributed by atoms with E-state index in [0.717, 1.165) is 11.1 Å². The smallest absolute Gasteiger partial charge is 0.410 e. The number of ether oxygens (including phenoxy) is 6. The summed E-state index contributed by atoms with van der Waals surface area (Å²) in [6.07, 6.45) is -1.56. The highest BCUT2D eigenvalue weighted by molar-refractivity contribution is 7.89. The summed E-state index contributed by atoms with van der Waals surface area (Å²) in [6.45, 7) is 8.63. The zero-order valence-electron chi connectivity index (χ0n) is 30.8. The summed E-state index contributed by atoms with van der Waals surface area (Å²) >= 11 is 1.69. The van der Waals surface area contributed by atoms with Crippen LogP contribution < -0.4 is 14.2 Å². The van der Waals surface area contributed by atoms with Crippen molar-refractivity contribution in [1.29, 1.82) is 0 Å². The number of hydrogen-bond acceptors (Lipinski definition) is 10. The molecule has 5 heterocycles. The predicted octanol–water partition coefficient (Wildman–Crippen LogP) is 6.96. The third kappa shape index (κ3) is 6.60. The number of hydrogen-bond donors (Lipinski definition) is 1. The van der Waals surface area contributed by atoms with Crippen LogP contribution in [-0.4, -0.2) is 85.6 Å². The van der Waals surface area contributed by atoms with E-state index >= 15 is 0 Å². The summed E-state index contributed by atoms with van der Waals surface area (Å²) in [4.78, 5) is 15.0. The molecule has 4 aliphatic heterocycles. The van der Waals surface area contributed by atoms with Crippen molar-refractivity contribution in [2.75, 3.05) is 33.1 Å². The van der Waals surface area contributed by atoms with Crippen molar-refractivity contribution in [3.05, 3.63) is 83.2 Å². The lowest BCUT2D eigenvalue weighted by atomic mass is 9.69. The summed E-state index contributed by atoms with van der Waals surface area (Å²) in [7, 11) is -4.11. The molecule has 0 bridgehead atoms. The number of benzene rings is 3. The molecule has 0 radical (unpaired) electrons. The van der Waals surface area contributed by atoms with Crippen molar-refractivity contribution in [2.45, 2.75) is 75.7 Å². The standard InChI is InChI=1S/C40H46N2O10S2/c1-25(2)19-41(54(45,46)29-13-14-33-34(17-29)51-24-50-33)20-36-40(42(38(43)44)39(3,4)52-36,32-22-49-37-31(32)15-16-47-37)18-26-9-11-28(12-10-26)48-21-27-23-53-35-8-6-5-7-30(27)35/h5-14,17,23,25,31-32,36-37H,15-16,18-22,24H2,1-4H3,(H,43,44)/t31?,32?,36-,37?,40+/m1/s1. The van der Waals surface area contributed by atoms with Gasteiger partial charge in [0.15, 0.2) is 17.8 Å². The van der Waals surface area contributed by atoms with Gasteiger partial charge in [-0.15, -0.1) is 11.3 Å². The Kier molecular flexibility index (Phi) is 9.80. The number of carbonyl (C=O) groups is 1. The van der Waals surface area contributed by atoms with Gasteiger partial charge in [0, 0.05) is 41.3 Å². The number of fused-ring (bicyclic) bond motifs is 3. The number of rotatable bonds is 12. The zero-order chi connectivity index (χ0) is 37.8. The van der Waals surface area contributed by atoms with Gasteiger partial charge >= 0.3 is 6.09 Å². The second-order valence-electron chi connectivity index (χ2n) is 15.4. The first kappa shape index (κ1) is 37.0. The van der Waals surface area contributed by atoms with Crippen molar-refractivity contribution < 1.29 is 46.7 Å². The van der Waals surface area contributed by atoms with Gasteiger partial charge < -0.3 is 33.5 Å². The van der Waals surface area contributed by atoms with Gasteiger partial charge in [0.1, 0.15) is 18.1 Å². The molecule has 54 heavy (non-hydrogen) atoms. The molecule has 5 atom stereocenters. The lowest BCUT2D eigenvalue weighted by Crippen LogP contribution is -2.65. The molecule has 1 amide bonds. The summed E-state index contributed by atoms with van der Waals surface area (Å²) in [5.41, 5.74) is -0.565. The number of thiophene rings is 1. The SMILES string of the molecule is CC(C)CN(C[C@H]1OC(C)(C)N(C(=O)O)[C@@]1(Cc1ccc(OCc2csc3ccccc23)cc1)C1COC2OCCC21)S(=O)(=O)c1ccc2c(c1)OCO2. The highest BCUT2D eigenvalue weighted by Crippen LogP contribution is 2.53. The lowest BCUT2D eigenvalue weighted by molar-refractivity contribution is -0.0907. The van der Waals surface area contributed by atoms with Gasteiger partial charge in [0.2, 0.25) is 16.8 Å². The fourth-order valence-corrected chi connectivity index (χ4v) is 11.4. The second-order valence-corrected chi connectivity index (χ2v) is 18.2. The average molecular weight is 779 g/mol. The van der Waals surface area contributed by atoms with E-state index in [4.69, 9.17) is 28.4 Å². The van der Waals surface area contributed by atoms with Crippen molar-refractivity contribution in [2.24, 2.45) is 17.8 Å². The molecule has 288 valence electrons. The minimum atomic E-state index is -4.11. The fraction of sp³-hybridized carbons (Fsp3) is 0.475. The van der Waals surface area contributed by atoms with Gasteiger partial charge in [-0.25, -0.2) is 13.2 Å². The van der Waals surface area contributed by atoms with Crippen LogP contribution in [0.4, 0.5) is 4.79 Å². The molecule has 14 heteroatoms. The van der Waals surface area contributed by atoms with Crippen molar-refractivity contribution in [1.82, 2.24) is 9.21 Å². The molecule has 1 N–H and O–H groups in total. The van der Waals surface area contributed by atoms with Crippen LogP contribution in [0.1, 0.15) is 45.2 Å². The van der Waals surface area contributed by atoms with Crippen LogP contribution in [0.15, 0.2) is 77.0 Å². The Morgan fingerprint density at radius 3 is 2.61 bits per heavy atom. The number of sulfonamides is 1. The largest absolute Gasteiger partial charge is 0.489 e. The van der Waals surface area contributed by atoms with Gasteiger partial charge in [-0.2, -0.15) is 4.31 Å². The molecule has 0 spiro atoms. The maximum atomic E-state index is 14.5. The summed E-state index contributed by atoms with van der Waals surface area (Å²) < 4.78 is 67.9. The molecule has 8 rings (SSSR count). The van der Waals surface area contributed by atoms with Gasteiger partial charge in [-0.1, -0.05) is 44.2 Å². The Bertz CT molecular complexity index is 2120. The van der Waals surface area contributed by atoms with E-state index in [2.05, 4.69) is 17.5 Å². The van der Waals surface area contributed by atoms with Crippen LogP contribution in [0.3, 0.4) is 0 Å². The normalized spacial score (nSPS) is 25.9. The van der Waals surface area contributed by atoms with E-state index < -0.39 is 39.8 Å². The van der Waals surface area contributed by atoms with E-state index in [-0.39, 0.29) is 55.6 Å². The van der Waals surface area contributed by atoms with E-state index in [1.54, 1.807) is 31.3 Å². The zero-order valence-corrected chi connectivity index (χ0v) is 32.4. The number of nitrogens with zero attached hydrogens (tertiary/aromatic N) is 2. The third-order valence-corrected chi connectivity index (χ3v) is 13.9. The second kappa shape index (κ2) is 14.3.